The van der Waals surface area contributed by atoms with E-state index in [2.05, 4.69) is 10.0 Å². The second-order valence-electron chi connectivity index (χ2n) is 5.20. The Morgan fingerprint density at radius 2 is 1.76 bits per heavy atom. The summed E-state index contributed by atoms with van der Waals surface area (Å²) in [5, 5.41) is 3.16. The average Bonchev–Trinajstić information content (AvgIpc) is 3.00. The molecule has 5 heteroatoms. The van der Waals surface area contributed by atoms with Crippen molar-refractivity contribution in [1.29, 1.82) is 0 Å². The molecule has 2 N–H and O–H groups in total. The molecule has 2 aromatic rings. The van der Waals surface area contributed by atoms with Gasteiger partial charge >= 0.3 is 0 Å². The van der Waals surface area contributed by atoms with Crippen molar-refractivity contribution in [3.63, 3.8) is 0 Å². The molecule has 21 heavy (non-hydrogen) atoms. The predicted molar refractivity (Wildman–Crippen MR) is 83.5 cm³/mol. The Hall–Kier alpha value is -1.69. The van der Waals surface area contributed by atoms with E-state index in [9.17, 15) is 8.42 Å². The molecule has 0 saturated carbocycles. The summed E-state index contributed by atoms with van der Waals surface area (Å²) in [6.45, 7) is 1.55. The first-order valence-corrected chi connectivity index (χ1v) is 8.52. The molecule has 0 bridgehead atoms. The van der Waals surface area contributed by atoms with Gasteiger partial charge in [0.25, 0.3) is 0 Å². The summed E-state index contributed by atoms with van der Waals surface area (Å²) in [5.41, 5.74) is 1.92. The first-order chi connectivity index (χ1) is 10.1. The van der Waals surface area contributed by atoms with Gasteiger partial charge in [0.05, 0.1) is 4.90 Å². The monoisotopic (exact) mass is 302 g/mol. The Labute approximate surface area is 125 Å². The summed E-state index contributed by atoms with van der Waals surface area (Å²) in [4.78, 5) is 0.316. The smallest absolute Gasteiger partial charge is 0.240 e. The van der Waals surface area contributed by atoms with Gasteiger partial charge in [-0.15, -0.1) is 0 Å². The fourth-order valence-corrected chi connectivity index (χ4v) is 3.83. The summed E-state index contributed by atoms with van der Waals surface area (Å²) in [6.07, 6.45) is 0.831. The van der Waals surface area contributed by atoms with Gasteiger partial charge in [0.2, 0.25) is 10.0 Å². The molecule has 3 rings (SSSR count). The van der Waals surface area contributed by atoms with Crippen LogP contribution >= 0.6 is 0 Å². The lowest BCUT2D eigenvalue weighted by molar-refractivity contribution is 0.560. The van der Waals surface area contributed by atoms with Crippen LogP contribution in [0.2, 0.25) is 0 Å². The van der Waals surface area contributed by atoms with Crippen LogP contribution in [0.25, 0.3) is 11.1 Å². The lowest BCUT2D eigenvalue weighted by Crippen LogP contribution is -2.36. The van der Waals surface area contributed by atoms with Crippen LogP contribution in [0.15, 0.2) is 59.5 Å². The average molecular weight is 302 g/mol. The molecule has 1 saturated heterocycles. The molecule has 1 heterocycles. The largest absolute Gasteiger partial charge is 0.315 e. The quantitative estimate of drug-likeness (QED) is 0.908. The third-order valence-corrected chi connectivity index (χ3v) is 5.15. The van der Waals surface area contributed by atoms with Crippen LogP contribution in [0.1, 0.15) is 6.42 Å². The minimum Gasteiger partial charge on any atom is -0.315 e. The van der Waals surface area contributed by atoms with Crippen molar-refractivity contribution in [2.75, 3.05) is 13.1 Å². The zero-order valence-corrected chi connectivity index (χ0v) is 12.4. The Morgan fingerprint density at radius 3 is 2.48 bits per heavy atom. The number of benzene rings is 2. The van der Waals surface area contributed by atoms with E-state index < -0.39 is 10.0 Å². The van der Waals surface area contributed by atoms with Gasteiger partial charge in [0.1, 0.15) is 0 Å². The van der Waals surface area contributed by atoms with E-state index in [0.29, 0.717) is 11.4 Å². The van der Waals surface area contributed by atoms with Crippen molar-refractivity contribution in [2.24, 2.45) is 0 Å². The highest BCUT2D eigenvalue weighted by atomic mass is 32.2. The zero-order chi connectivity index (χ0) is 14.7. The lowest BCUT2D eigenvalue weighted by atomic mass is 10.1. The van der Waals surface area contributed by atoms with Crippen molar-refractivity contribution in [3.05, 3.63) is 54.6 Å². The van der Waals surface area contributed by atoms with Crippen LogP contribution < -0.4 is 10.0 Å². The van der Waals surface area contributed by atoms with Crippen LogP contribution in [-0.4, -0.2) is 27.5 Å². The van der Waals surface area contributed by atoms with Crippen molar-refractivity contribution >= 4 is 10.0 Å². The van der Waals surface area contributed by atoms with E-state index in [-0.39, 0.29) is 6.04 Å². The van der Waals surface area contributed by atoms with E-state index in [0.717, 1.165) is 24.1 Å². The Kier molecular flexibility index (Phi) is 4.05. The van der Waals surface area contributed by atoms with Crippen LogP contribution in [-0.2, 0) is 10.0 Å². The van der Waals surface area contributed by atoms with Gasteiger partial charge in [-0.3, -0.25) is 0 Å². The molecule has 0 radical (unpaired) electrons. The normalized spacial score (nSPS) is 18.8. The summed E-state index contributed by atoms with van der Waals surface area (Å²) in [5.74, 6) is 0. The molecule has 1 atom stereocenters. The molecule has 2 aromatic carbocycles. The maximum atomic E-state index is 12.4. The third-order valence-electron chi connectivity index (χ3n) is 3.63. The van der Waals surface area contributed by atoms with E-state index in [1.807, 2.05) is 36.4 Å². The van der Waals surface area contributed by atoms with Crippen LogP contribution in [0, 0.1) is 0 Å². The van der Waals surface area contributed by atoms with E-state index in [4.69, 9.17) is 0 Å². The molecule has 1 fully saturated rings. The first kappa shape index (κ1) is 14.3. The van der Waals surface area contributed by atoms with E-state index in [1.165, 1.54) is 0 Å². The maximum absolute atomic E-state index is 12.4. The molecule has 1 aliphatic heterocycles. The van der Waals surface area contributed by atoms with Crippen LogP contribution in [0.4, 0.5) is 0 Å². The molecule has 0 aliphatic carbocycles. The van der Waals surface area contributed by atoms with Gasteiger partial charge in [0.15, 0.2) is 0 Å². The standard InChI is InChI=1S/C16H18N2O2S/c19-21(20,18-15-9-10-17-12-15)16-8-4-7-14(11-16)13-5-2-1-3-6-13/h1-8,11,15,17-18H,9-10,12H2. The molecule has 1 aliphatic rings. The minimum absolute atomic E-state index is 0.0182. The van der Waals surface area contributed by atoms with Crippen molar-refractivity contribution in [2.45, 2.75) is 17.4 Å². The number of nitrogens with one attached hydrogen (secondary N) is 2. The van der Waals surface area contributed by atoms with Crippen molar-refractivity contribution < 1.29 is 8.42 Å². The Bertz CT molecular complexity index is 708. The summed E-state index contributed by atoms with van der Waals surface area (Å²) < 4.78 is 27.6. The van der Waals surface area contributed by atoms with Crippen molar-refractivity contribution in [1.82, 2.24) is 10.0 Å². The van der Waals surface area contributed by atoms with Gasteiger partial charge in [-0.05, 0) is 36.2 Å². The van der Waals surface area contributed by atoms with Crippen LogP contribution in [0.3, 0.4) is 0 Å². The highest BCUT2D eigenvalue weighted by Gasteiger charge is 2.22. The fourth-order valence-electron chi connectivity index (χ4n) is 2.52. The van der Waals surface area contributed by atoms with Gasteiger partial charge in [0, 0.05) is 12.6 Å². The zero-order valence-electron chi connectivity index (χ0n) is 11.6. The fraction of sp³-hybridized carbons (Fsp3) is 0.250. The highest BCUT2D eigenvalue weighted by molar-refractivity contribution is 7.89. The lowest BCUT2D eigenvalue weighted by Gasteiger charge is -2.13. The van der Waals surface area contributed by atoms with Gasteiger partial charge < -0.3 is 5.32 Å². The van der Waals surface area contributed by atoms with Gasteiger partial charge in [-0.2, -0.15) is 0 Å². The molecule has 0 spiro atoms. The SMILES string of the molecule is O=S(=O)(NC1CCNC1)c1cccc(-c2ccccc2)c1. The Balaban J connectivity index is 1.88. The molecule has 1 unspecified atom stereocenters. The second kappa shape index (κ2) is 5.97. The number of sulfonamides is 1. The summed E-state index contributed by atoms with van der Waals surface area (Å²) in [6, 6.07) is 16.8. The van der Waals surface area contributed by atoms with E-state index in [1.54, 1.807) is 18.2 Å². The molecular weight excluding hydrogens is 284 g/mol. The maximum Gasteiger partial charge on any atom is 0.240 e. The molecule has 0 aromatic heterocycles. The number of rotatable bonds is 4. The second-order valence-corrected chi connectivity index (χ2v) is 6.92. The predicted octanol–water partition coefficient (Wildman–Crippen LogP) is 1.99. The van der Waals surface area contributed by atoms with Crippen molar-refractivity contribution in [3.8, 4) is 11.1 Å². The van der Waals surface area contributed by atoms with E-state index >= 15 is 0 Å². The Morgan fingerprint density at radius 1 is 1.00 bits per heavy atom. The topological polar surface area (TPSA) is 58.2 Å². The molecule has 4 nitrogen and oxygen atoms in total. The number of hydrogen-bond donors (Lipinski definition) is 2. The highest BCUT2D eigenvalue weighted by Crippen LogP contribution is 2.22. The number of hydrogen-bond acceptors (Lipinski definition) is 3. The molecule has 0 amide bonds. The summed E-state index contributed by atoms with van der Waals surface area (Å²) >= 11 is 0. The molecule has 110 valence electrons. The first-order valence-electron chi connectivity index (χ1n) is 7.04. The van der Waals surface area contributed by atoms with Crippen LogP contribution in [0.5, 0.6) is 0 Å². The van der Waals surface area contributed by atoms with Gasteiger partial charge in [-0.25, -0.2) is 13.1 Å². The third kappa shape index (κ3) is 3.32. The minimum atomic E-state index is -3.46. The van der Waals surface area contributed by atoms with Gasteiger partial charge in [-0.1, -0.05) is 42.5 Å². The summed E-state index contributed by atoms with van der Waals surface area (Å²) in [7, 11) is -3.46. The molecular formula is C16H18N2O2S.